The fraction of sp³-hybridized carbons (Fsp3) is 0.562. The lowest BCUT2D eigenvalue weighted by molar-refractivity contribution is 0.295. The number of nitrogens with two attached hydrogens (primary N) is 1. The minimum absolute atomic E-state index is 0.216. The van der Waals surface area contributed by atoms with E-state index < -0.39 is 0 Å². The summed E-state index contributed by atoms with van der Waals surface area (Å²) >= 11 is 5.15. The molecule has 1 aromatic carbocycles. The van der Waals surface area contributed by atoms with Gasteiger partial charge in [0, 0.05) is 6.54 Å². The van der Waals surface area contributed by atoms with E-state index in [2.05, 4.69) is 49.9 Å². The zero-order chi connectivity index (χ0) is 14.0. The van der Waals surface area contributed by atoms with E-state index in [0.29, 0.717) is 4.99 Å². The van der Waals surface area contributed by atoms with Gasteiger partial charge in [0.15, 0.2) is 0 Å². The van der Waals surface area contributed by atoms with Crippen molar-refractivity contribution in [2.24, 2.45) is 5.73 Å². The van der Waals surface area contributed by atoms with Gasteiger partial charge in [0.1, 0.15) is 0 Å². The predicted molar refractivity (Wildman–Crippen MR) is 85.4 cm³/mol. The fourth-order valence-corrected chi connectivity index (χ4v) is 2.95. The molecule has 0 saturated carbocycles. The van der Waals surface area contributed by atoms with Gasteiger partial charge in [-0.25, -0.2) is 0 Å². The molecule has 1 unspecified atom stereocenters. The second-order valence-corrected chi connectivity index (χ2v) is 6.95. The van der Waals surface area contributed by atoms with Crippen molar-refractivity contribution in [2.45, 2.75) is 51.6 Å². The van der Waals surface area contributed by atoms with Crippen molar-refractivity contribution in [2.75, 3.05) is 6.54 Å². The molecule has 1 aliphatic heterocycles. The zero-order valence-electron chi connectivity index (χ0n) is 12.1. The van der Waals surface area contributed by atoms with Crippen LogP contribution in [0.25, 0.3) is 0 Å². The van der Waals surface area contributed by atoms with Crippen molar-refractivity contribution in [1.82, 2.24) is 4.90 Å². The maximum atomic E-state index is 5.81. The van der Waals surface area contributed by atoms with E-state index >= 15 is 0 Å². The van der Waals surface area contributed by atoms with Gasteiger partial charge in [0.2, 0.25) is 0 Å². The maximum absolute atomic E-state index is 5.81. The number of benzene rings is 1. The van der Waals surface area contributed by atoms with E-state index in [9.17, 15) is 0 Å². The van der Waals surface area contributed by atoms with Crippen LogP contribution in [0.3, 0.4) is 0 Å². The van der Waals surface area contributed by atoms with Crippen molar-refractivity contribution in [1.29, 1.82) is 0 Å². The van der Waals surface area contributed by atoms with Gasteiger partial charge in [-0.3, -0.25) is 4.90 Å². The van der Waals surface area contributed by atoms with Crippen LogP contribution in [0, 0.1) is 0 Å². The molecular formula is C16H24N2S. The Morgan fingerprint density at radius 2 is 1.95 bits per heavy atom. The molecule has 1 fully saturated rings. The molecular weight excluding hydrogens is 252 g/mol. The van der Waals surface area contributed by atoms with Crippen LogP contribution in [-0.4, -0.2) is 22.5 Å². The average Bonchev–Trinajstić information content (AvgIpc) is 2.77. The molecule has 0 amide bonds. The SMILES string of the molecule is CC(C)(C)c1ccc(CN2CCCC2C(N)=S)cc1. The Morgan fingerprint density at radius 1 is 1.32 bits per heavy atom. The van der Waals surface area contributed by atoms with Crippen LogP contribution >= 0.6 is 12.2 Å². The summed E-state index contributed by atoms with van der Waals surface area (Å²) in [7, 11) is 0. The van der Waals surface area contributed by atoms with Crippen molar-refractivity contribution < 1.29 is 0 Å². The van der Waals surface area contributed by atoms with Gasteiger partial charge in [-0.1, -0.05) is 57.3 Å². The van der Waals surface area contributed by atoms with E-state index in [-0.39, 0.29) is 11.5 Å². The lowest BCUT2D eigenvalue weighted by atomic mass is 9.87. The number of likely N-dealkylation sites (tertiary alicyclic amines) is 1. The fourth-order valence-electron chi connectivity index (χ4n) is 2.68. The number of nitrogens with zero attached hydrogens (tertiary/aromatic N) is 1. The molecule has 1 heterocycles. The first-order valence-corrected chi connectivity index (χ1v) is 7.41. The summed E-state index contributed by atoms with van der Waals surface area (Å²) < 4.78 is 0. The number of rotatable bonds is 3. The van der Waals surface area contributed by atoms with E-state index in [1.807, 2.05) is 0 Å². The maximum Gasteiger partial charge on any atom is 0.0902 e. The Bertz CT molecular complexity index is 445. The molecule has 1 saturated heterocycles. The van der Waals surface area contributed by atoms with Crippen LogP contribution in [0.5, 0.6) is 0 Å². The predicted octanol–water partition coefficient (Wildman–Crippen LogP) is 3.23. The summed E-state index contributed by atoms with van der Waals surface area (Å²) in [6, 6.07) is 9.23. The van der Waals surface area contributed by atoms with Gasteiger partial charge >= 0.3 is 0 Å². The number of hydrogen-bond donors (Lipinski definition) is 1. The Morgan fingerprint density at radius 3 is 2.47 bits per heavy atom. The quantitative estimate of drug-likeness (QED) is 0.859. The smallest absolute Gasteiger partial charge is 0.0902 e. The molecule has 2 nitrogen and oxygen atoms in total. The molecule has 2 rings (SSSR count). The normalized spacial score (nSPS) is 20.7. The van der Waals surface area contributed by atoms with Crippen molar-refractivity contribution >= 4 is 17.2 Å². The van der Waals surface area contributed by atoms with Crippen molar-refractivity contribution in [3.63, 3.8) is 0 Å². The highest BCUT2D eigenvalue weighted by Gasteiger charge is 2.26. The average molecular weight is 276 g/mol. The standard InChI is InChI=1S/C16H24N2S/c1-16(2,3)13-8-6-12(7-9-13)11-18-10-4-5-14(18)15(17)19/h6-9,14H,4-5,10-11H2,1-3H3,(H2,17,19). The van der Waals surface area contributed by atoms with Crippen LogP contribution in [0.2, 0.25) is 0 Å². The van der Waals surface area contributed by atoms with Gasteiger partial charge in [0.25, 0.3) is 0 Å². The first-order chi connectivity index (χ1) is 8.88. The molecule has 0 aromatic heterocycles. The van der Waals surface area contributed by atoms with Crippen LogP contribution < -0.4 is 5.73 Å². The van der Waals surface area contributed by atoms with Gasteiger partial charge in [-0.05, 0) is 35.9 Å². The molecule has 2 N–H and O–H groups in total. The molecule has 19 heavy (non-hydrogen) atoms. The molecule has 0 aliphatic carbocycles. The molecule has 1 atom stereocenters. The Hall–Kier alpha value is -0.930. The molecule has 1 aromatic rings. The molecule has 1 aliphatic rings. The molecule has 0 spiro atoms. The zero-order valence-corrected chi connectivity index (χ0v) is 13.0. The Labute approximate surface area is 122 Å². The number of hydrogen-bond acceptors (Lipinski definition) is 2. The van der Waals surface area contributed by atoms with Crippen LogP contribution in [0.4, 0.5) is 0 Å². The van der Waals surface area contributed by atoms with Crippen LogP contribution in [0.15, 0.2) is 24.3 Å². The lowest BCUT2D eigenvalue weighted by Crippen LogP contribution is -2.38. The Kier molecular flexibility index (Phi) is 4.26. The summed E-state index contributed by atoms with van der Waals surface area (Å²) in [4.78, 5) is 3.04. The third-order valence-electron chi connectivity index (χ3n) is 3.90. The van der Waals surface area contributed by atoms with Crippen molar-refractivity contribution in [3.8, 4) is 0 Å². The first kappa shape index (κ1) is 14.5. The summed E-state index contributed by atoms with van der Waals surface area (Å²) in [5, 5.41) is 0. The minimum Gasteiger partial charge on any atom is -0.392 e. The largest absolute Gasteiger partial charge is 0.392 e. The van der Waals surface area contributed by atoms with Gasteiger partial charge in [-0.2, -0.15) is 0 Å². The second-order valence-electron chi connectivity index (χ2n) is 6.48. The molecule has 104 valence electrons. The monoisotopic (exact) mass is 276 g/mol. The van der Waals surface area contributed by atoms with E-state index in [1.165, 1.54) is 17.5 Å². The molecule has 0 bridgehead atoms. The molecule has 3 heteroatoms. The van der Waals surface area contributed by atoms with Gasteiger partial charge < -0.3 is 5.73 Å². The highest BCUT2D eigenvalue weighted by atomic mass is 32.1. The second kappa shape index (κ2) is 5.59. The summed E-state index contributed by atoms with van der Waals surface area (Å²) in [6.45, 7) is 8.78. The Balaban J connectivity index is 2.06. The summed E-state index contributed by atoms with van der Waals surface area (Å²) in [5.74, 6) is 0. The summed E-state index contributed by atoms with van der Waals surface area (Å²) in [6.07, 6.45) is 2.30. The highest BCUT2D eigenvalue weighted by molar-refractivity contribution is 7.80. The van der Waals surface area contributed by atoms with Gasteiger partial charge in [0.05, 0.1) is 11.0 Å². The first-order valence-electron chi connectivity index (χ1n) is 7.01. The van der Waals surface area contributed by atoms with Gasteiger partial charge in [-0.15, -0.1) is 0 Å². The van der Waals surface area contributed by atoms with E-state index in [4.69, 9.17) is 18.0 Å². The van der Waals surface area contributed by atoms with Crippen LogP contribution in [-0.2, 0) is 12.0 Å². The third-order valence-corrected chi connectivity index (χ3v) is 4.17. The van der Waals surface area contributed by atoms with Crippen molar-refractivity contribution in [3.05, 3.63) is 35.4 Å². The lowest BCUT2D eigenvalue weighted by Gasteiger charge is -2.24. The highest BCUT2D eigenvalue weighted by Crippen LogP contribution is 2.24. The number of thiocarbonyl (C=S) groups is 1. The summed E-state index contributed by atoms with van der Waals surface area (Å²) in [5.41, 5.74) is 8.75. The minimum atomic E-state index is 0.216. The molecule has 0 radical (unpaired) electrons. The van der Waals surface area contributed by atoms with E-state index in [0.717, 1.165) is 19.5 Å². The topological polar surface area (TPSA) is 29.3 Å². The third kappa shape index (κ3) is 3.54. The van der Waals surface area contributed by atoms with E-state index in [1.54, 1.807) is 0 Å². The van der Waals surface area contributed by atoms with Crippen LogP contribution in [0.1, 0.15) is 44.7 Å².